The summed E-state index contributed by atoms with van der Waals surface area (Å²) < 4.78 is 3.62. The van der Waals surface area contributed by atoms with Crippen molar-refractivity contribution >= 4 is 11.7 Å². The van der Waals surface area contributed by atoms with Crippen LogP contribution in [0.3, 0.4) is 0 Å². The van der Waals surface area contributed by atoms with E-state index < -0.39 is 0 Å². The van der Waals surface area contributed by atoms with Crippen LogP contribution in [0.1, 0.15) is 41.8 Å². The summed E-state index contributed by atoms with van der Waals surface area (Å²) in [5, 5.41) is 7.45. The number of anilines is 1. The predicted octanol–water partition coefficient (Wildman–Crippen LogP) is 2.10. The normalized spacial score (nSPS) is 17.0. The lowest BCUT2D eigenvalue weighted by Gasteiger charge is -2.23. The van der Waals surface area contributed by atoms with E-state index >= 15 is 0 Å². The third-order valence-corrected chi connectivity index (χ3v) is 5.13. The second-order valence-electron chi connectivity index (χ2n) is 7.61. The second kappa shape index (κ2) is 7.75. The van der Waals surface area contributed by atoms with Gasteiger partial charge in [-0.1, -0.05) is 0 Å². The molecule has 0 aliphatic carbocycles. The molecule has 3 aromatic heterocycles. The van der Waals surface area contributed by atoms with Crippen LogP contribution >= 0.6 is 0 Å². The number of likely N-dealkylation sites (tertiary alicyclic amines) is 1. The zero-order valence-electron chi connectivity index (χ0n) is 17.3. The molecular weight excluding hydrogens is 368 g/mol. The molecular formula is C20H26N8O. The summed E-state index contributed by atoms with van der Waals surface area (Å²) in [5.74, 6) is 1.94. The number of carbonyl (C=O) groups is 1. The molecule has 1 fully saturated rings. The van der Waals surface area contributed by atoms with Crippen LogP contribution in [0, 0.1) is 20.8 Å². The van der Waals surface area contributed by atoms with E-state index in [4.69, 9.17) is 0 Å². The predicted molar refractivity (Wildman–Crippen MR) is 109 cm³/mol. The van der Waals surface area contributed by atoms with E-state index in [-0.39, 0.29) is 11.9 Å². The highest BCUT2D eigenvalue weighted by Gasteiger charge is 2.30. The molecule has 29 heavy (non-hydrogen) atoms. The average molecular weight is 394 g/mol. The Hall–Kier alpha value is -3.07. The van der Waals surface area contributed by atoms with E-state index in [1.54, 1.807) is 10.9 Å². The Morgan fingerprint density at radius 2 is 1.93 bits per heavy atom. The molecule has 1 atom stereocenters. The summed E-state index contributed by atoms with van der Waals surface area (Å²) >= 11 is 0. The van der Waals surface area contributed by atoms with E-state index in [1.165, 1.54) is 0 Å². The van der Waals surface area contributed by atoms with Gasteiger partial charge in [0, 0.05) is 36.9 Å². The SMILES string of the molecule is Cc1cc(C)nc(-n2nc(C)cc2NC(=O)CN2CCC[C@H]2c2nccn2C)n1. The Labute approximate surface area is 169 Å². The van der Waals surface area contributed by atoms with Gasteiger partial charge in [0.05, 0.1) is 18.3 Å². The van der Waals surface area contributed by atoms with Crippen molar-refractivity contribution in [3.05, 3.63) is 47.4 Å². The summed E-state index contributed by atoms with van der Waals surface area (Å²) in [7, 11) is 1.99. The molecule has 0 spiro atoms. The van der Waals surface area contributed by atoms with Crippen molar-refractivity contribution in [3.8, 4) is 5.95 Å². The van der Waals surface area contributed by atoms with Crippen LogP contribution in [-0.2, 0) is 11.8 Å². The Morgan fingerprint density at radius 1 is 1.17 bits per heavy atom. The molecule has 0 bridgehead atoms. The van der Waals surface area contributed by atoms with Gasteiger partial charge in [-0.15, -0.1) is 0 Å². The van der Waals surface area contributed by atoms with Gasteiger partial charge in [0.2, 0.25) is 5.91 Å². The van der Waals surface area contributed by atoms with Gasteiger partial charge in [0.25, 0.3) is 5.95 Å². The molecule has 0 unspecified atom stereocenters. The Morgan fingerprint density at radius 3 is 2.62 bits per heavy atom. The zero-order chi connectivity index (χ0) is 20.5. The number of amides is 1. The molecule has 1 amide bonds. The van der Waals surface area contributed by atoms with Crippen molar-refractivity contribution in [3.63, 3.8) is 0 Å². The van der Waals surface area contributed by atoms with Crippen LogP contribution in [-0.4, -0.2) is 53.2 Å². The molecule has 1 N–H and O–H groups in total. The molecule has 1 saturated heterocycles. The number of imidazole rings is 1. The maximum atomic E-state index is 12.8. The van der Waals surface area contributed by atoms with Gasteiger partial charge in [-0.25, -0.2) is 15.0 Å². The van der Waals surface area contributed by atoms with E-state index in [0.717, 1.165) is 42.3 Å². The van der Waals surface area contributed by atoms with Crippen LogP contribution in [0.5, 0.6) is 0 Å². The van der Waals surface area contributed by atoms with Crippen molar-refractivity contribution in [2.45, 2.75) is 39.7 Å². The van der Waals surface area contributed by atoms with Crippen LogP contribution < -0.4 is 5.32 Å². The fourth-order valence-corrected chi connectivity index (χ4v) is 3.92. The third kappa shape index (κ3) is 4.04. The minimum Gasteiger partial charge on any atom is -0.337 e. The first kappa shape index (κ1) is 19.3. The fourth-order valence-electron chi connectivity index (χ4n) is 3.92. The van der Waals surface area contributed by atoms with Gasteiger partial charge >= 0.3 is 0 Å². The minimum atomic E-state index is -0.0864. The number of nitrogens with zero attached hydrogens (tertiary/aromatic N) is 7. The van der Waals surface area contributed by atoms with E-state index in [9.17, 15) is 4.79 Å². The highest BCUT2D eigenvalue weighted by molar-refractivity contribution is 5.91. The van der Waals surface area contributed by atoms with Crippen molar-refractivity contribution < 1.29 is 4.79 Å². The van der Waals surface area contributed by atoms with Crippen LogP contribution in [0.15, 0.2) is 24.5 Å². The molecule has 3 aromatic rings. The average Bonchev–Trinajstić information content (AvgIpc) is 3.34. The molecule has 152 valence electrons. The van der Waals surface area contributed by atoms with Gasteiger partial charge in [-0.05, 0) is 46.2 Å². The molecule has 9 nitrogen and oxygen atoms in total. The van der Waals surface area contributed by atoms with E-state index in [1.807, 2.05) is 50.7 Å². The first-order valence-electron chi connectivity index (χ1n) is 9.81. The Kier molecular flexibility index (Phi) is 5.14. The summed E-state index contributed by atoms with van der Waals surface area (Å²) in [6, 6.07) is 3.90. The highest BCUT2D eigenvalue weighted by Crippen LogP contribution is 2.30. The summed E-state index contributed by atoms with van der Waals surface area (Å²) in [6.07, 6.45) is 5.80. The van der Waals surface area contributed by atoms with Crippen LogP contribution in [0.25, 0.3) is 5.95 Å². The smallest absolute Gasteiger partial charge is 0.252 e. The first-order valence-corrected chi connectivity index (χ1v) is 9.81. The summed E-state index contributed by atoms with van der Waals surface area (Å²) in [6.45, 7) is 6.89. The van der Waals surface area contributed by atoms with Gasteiger partial charge < -0.3 is 9.88 Å². The number of aryl methyl sites for hydroxylation is 4. The van der Waals surface area contributed by atoms with Gasteiger partial charge in [-0.3, -0.25) is 9.69 Å². The molecule has 0 radical (unpaired) electrons. The van der Waals surface area contributed by atoms with Crippen LogP contribution in [0.2, 0.25) is 0 Å². The molecule has 4 rings (SSSR count). The highest BCUT2D eigenvalue weighted by atomic mass is 16.2. The maximum Gasteiger partial charge on any atom is 0.252 e. The lowest BCUT2D eigenvalue weighted by molar-refractivity contribution is -0.117. The van der Waals surface area contributed by atoms with Gasteiger partial charge in [0.1, 0.15) is 11.6 Å². The van der Waals surface area contributed by atoms with Crippen LogP contribution in [0.4, 0.5) is 5.82 Å². The number of hydrogen-bond donors (Lipinski definition) is 1. The van der Waals surface area contributed by atoms with Gasteiger partial charge in [0.15, 0.2) is 0 Å². The molecule has 0 aromatic carbocycles. The van der Waals surface area contributed by atoms with Crippen molar-refractivity contribution in [2.24, 2.45) is 7.05 Å². The number of rotatable bonds is 5. The maximum absolute atomic E-state index is 12.8. The van der Waals surface area contributed by atoms with Crippen molar-refractivity contribution in [1.29, 1.82) is 0 Å². The van der Waals surface area contributed by atoms with Crippen molar-refractivity contribution in [1.82, 2.24) is 34.2 Å². The number of hydrogen-bond acceptors (Lipinski definition) is 6. The number of carbonyl (C=O) groups excluding carboxylic acids is 1. The largest absolute Gasteiger partial charge is 0.337 e. The minimum absolute atomic E-state index is 0.0864. The van der Waals surface area contributed by atoms with Gasteiger partial charge in [-0.2, -0.15) is 9.78 Å². The first-order chi connectivity index (χ1) is 13.9. The molecule has 0 saturated carbocycles. The van der Waals surface area contributed by atoms with E-state index in [0.29, 0.717) is 18.3 Å². The van der Waals surface area contributed by atoms with E-state index in [2.05, 4.69) is 30.3 Å². The summed E-state index contributed by atoms with van der Waals surface area (Å²) in [4.78, 5) is 28.4. The fraction of sp³-hybridized carbons (Fsp3) is 0.450. The second-order valence-corrected chi connectivity index (χ2v) is 7.61. The summed E-state index contributed by atoms with van der Waals surface area (Å²) in [5.41, 5.74) is 2.50. The standard InChI is InChI=1S/C20H26N8O/c1-13-10-14(2)23-20(22-13)28-17(11-15(3)25-28)24-18(29)12-27-8-5-6-16(27)19-21-7-9-26(19)4/h7,9-11,16H,5-6,8,12H2,1-4H3,(H,24,29)/t16-/m0/s1. The number of aromatic nitrogens is 6. The molecule has 9 heteroatoms. The molecule has 4 heterocycles. The lowest BCUT2D eigenvalue weighted by atomic mass is 10.2. The lowest BCUT2D eigenvalue weighted by Crippen LogP contribution is -2.34. The quantitative estimate of drug-likeness (QED) is 0.712. The Bertz CT molecular complexity index is 1020. The van der Waals surface area contributed by atoms with Crippen molar-refractivity contribution in [2.75, 3.05) is 18.4 Å². The molecule has 1 aliphatic rings. The third-order valence-electron chi connectivity index (χ3n) is 5.13. The Balaban J connectivity index is 1.51. The topological polar surface area (TPSA) is 93.8 Å². The monoisotopic (exact) mass is 394 g/mol. The molecule has 1 aliphatic heterocycles. The number of nitrogens with one attached hydrogen (secondary N) is 1. The zero-order valence-corrected chi connectivity index (χ0v) is 17.3.